The second-order valence-corrected chi connectivity index (χ2v) is 6.50. The number of esters is 1. The lowest BCUT2D eigenvalue weighted by Crippen LogP contribution is -2.34. The molecule has 1 aromatic rings. The molecule has 0 bridgehead atoms. The molecule has 1 heterocycles. The van der Waals surface area contributed by atoms with Gasteiger partial charge in [0.2, 0.25) is 0 Å². The van der Waals surface area contributed by atoms with Crippen molar-refractivity contribution in [2.75, 3.05) is 25.5 Å². The maximum absolute atomic E-state index is 12.1. The second-order valence-electron chi connectivity index (χ2n) is 5.01. The van der Waals surface area contributed by atoms with Crippen molar-refractivity contribution in [1.29, 1.82) is 0 Å². The van der Waals surface area contributed by atoms with Gasteiger partial charge in [-0.2, -0.15) is 0 Å². The summed E-state index contributed by atoms with van der Waals surface area (Å²) >= 11 is 7.09. The zero-order valence-electron chi connectivity index (χ0n) is 12.8. The molecule has 2 rings (SSSR count). The normalized spacial score (nSPS) is 13.5. The minimum atomic E-state index is -0.265. The number of ether oxygens (including phenoxy) is 1. The molecule has 1 N–H and O–H groups in total. The Bertz CT molecular complexity index is 536. The Morgan fingerprint density at radius 1 is 1.33 bits per heavy atom. The van der Waals surface area contributed by atoms with Gasteiger partial charge in [0, 0.05) is 18.0 Å². The molecule has 1 aliphatic rings. The van der Waals surface area contributed by atoms with Gasteiger partial charge in [-0.05, 0) is 57.3 Å². The van der Waals surface area contributed by atoms with E-state index in [1.54, 1.807) is 11.3 Å². The molecule has 0 fully saturated rings. The molecule has 1 aromatic heterocycles. The van der Waals surface area contributed by atoms with E-state index in [4.69, 9.17) is 17.0 Å². The number of hydrogen-bond donors (Lipinski definition) is 1. The Morgan fingerprint density at radius 2 is 2.00 bits per heavy atom. The lowest BCUT2D eigenvalue weighted by atomic mass is 9.95. The van der Waals surface area contributed by atoms with E-state index in [1.165, 1.54) is 18.4 Å². The Hall–Kier alpha value is -1.14. The lowest BCUT2D eigenvalue weighted by Gasteiger charge is -2.22. The largest absolute Gasteiger partial charge is 0.465 e. The number of nitrogens with one attached hydrogen (secondary N) is 1. The van der Waals surface area contributed by atoms with Crippen molar-refractivity contribution in [2.24, 2.45) is 0 Å². The van der Waals surface area contributed by atoms with E-state index in [0.29, 0.717) is 10.7 Å². The van der Waals surface area contributed by atoms with Crippen LogP contribution in [0.4, 0.5) is 5.00 Å². The fourth-order valence-corrected chi connectivity index (χ4v) is 4.36. The predicted octanol–water partition coefficient (Wildman–Crippen LogP) is 3.45. The molecule has 0 saturated heterocycles. The van der Waals surface area contributed by atoms with Crippen molar-refractivity contribution in [3.8, 4) is 0 Å². The number of methoxy groups -OCH3 is 1. The molecule has 6 heteroatoms. The third-order valence-corrected chi connectivity index (χ3v) is 5.40. The molecule has 0 amide bonds. The molecule has 0 aromatic carbocycles. The molecule has 0 spiro atoms. The van der Waals surface area contributed by atoms with Crippen molar-refractivity contribution in [2.45, 2.75) is 39.5 Å². The van der Waals surface area contributed by atoms with Crippen molar-refractivity contribution in [1.82, 2.24) is 4.90 Å². The Morgan fingerprint density at radius 3 is 2.62 bits per heavy atom. The topological polar surface area (TPSA) is 41.6 Å². The summed E-state index contributed by atoms with van der Waals surface area (Å²) in [5.41, 5.74) is 1.84. The maximum atomic E-state index is 12.1. The minimum absolute atomic E-state index is 0.265. The summed E-state index contributed by atoms with van der Waals surface area (Å²) in [6.45, 7) is 5.83. The summed E-state index contributed by atoms with van der Waals surface area (Å²) in [5, 5.41) is 4.77. The highest BCUT2D eigenvalue weighted by molar-refractivity contribution is 7.80. The van der Waals surface area contributed by atoms with Gasteiger partial charge in [0.15, 0.2) is 5.11 Å². The van der Waals surface area contributed by atoms with E-state index in [1.807, 2.05) is 0 Å². The summed E-state index contributed by atoms with van der Waals surface area (Å²) in [5.74, 6) is -0.265. The highest BCUT2D eigenvalue weighted by Crippen LogP contribution is 2.38. The van der Waals surface area contributed by atoms with Crippen molar-refractivity contribution in [3.63, 3.8) is 0 Å². The van der Waals surface area contributed by atoms with E-state index >= 15 is 0 Å². The second kappa shape index (κ2) is 7.22. The summed E-state index contributed by atoms with van der Waals surface area (Å²) < 4.78 is 4.97. The van der Waals surface area contributed by atoms with E-state index in [0.717, 1.165) is 42.9 Å². The van der Waals surface area contributed by atoms with Crippen LogP contribution in [-0.4, -0.2) is 36.2 Å². The van der Waals surface area contributed by atoms with E-state index in [9.17, 15) is 4.79 Å². The van der Waals surface area contributed by atoms with Crippen LogP contribution in [0.1, 0.15) is 47.5 Å². The van der Waals surface area contributed by atoms with Crippen LogP contribution in [0.2, 0.25) is 0 Å². The number of fused-ring (bicyclic) bond motifs is 1. The van der Waals surface area contributed by atoms with Crippen molar-refractivity contribution >= 4 is 39.6 Å². The number of thiocarbonyl (C=S) groups is 1. The summed E-state index contributed by atoms with van der Waals surface area (Å²) in [4.78, 5) is 15.5. The quantitative estimate of drug-likeness (QED) is 0.678. The number of carbonyl (C=O) groups excluding carboxylic acids is 1. The fraction of sp³-hybridized carbons (Fsp3) is 0.600. The first-order valence-corrected chi connectivity index (χ1v) is 8.63. The van der Waals surface area contributed by atoms with Crippen molar-refractivity contribution in [3.05, 3.63) is 16.0 Å². The van der Waals surface area contributed by atoms with Crippen LogP contribution in [0.5, 0.6) is 0 Å². The Kier molecular flexibility index (Phi) is 5.58. The minimum Gasteiger partial charge on any atom is -0.465 e. The first-order valence-electron chi connectivity index (χ1n) is 7.41. The molecule has 0 radical (unpaired) electrons. The van der Waals surface area contributed by atoms with E-state index < -0.39 is 0 Å². The Labute approximate surface area is 135 Å². The number of thiophene rings is 1. The number of anilines is 1. The van der Waals surface area contributed by atoms with Gasteiger partial charge in [-0.3, -0.25) is 0 Å². The number of carbonyl (C=O) groups is 1. The van der Waals surface area contributed by atoms with Gasteiger partial charge >= 0.3 is 5.97 Å². The summed E-state index contributed by atoms with van der Waals surface area (Å²) in [7, 11) is 1.43. The lowest BCUT2D eigenvalue weighted by molar-refractivity contribution is 0.0601. The molecule has 4 nitrogen and oxygen atoms in total. The van der Waals surface area contributed by atoms with Crippen molar-refractivity contribution < 1.29 is 9.53 Å². The molecule has 0 unspecified atom stereocenters. The molecule has 21 heavy (non-hydrogen) atoms. The SMILES string of the molecule is CCN(CC)C(=S)Nc1sc2c(c1C(=O)OC)CCCC2. The molecule has 0 saturated carbocycles. The van der Waals surface area contributed by atoms with Crippen LogP contribution in [0.15, 0.2) is 0 Å². The van der Waals surface area contributed by atoms with Gasteiger partial charge in [0.1, 0.15) is 5.00 Å². The first-order chi connectivity index (χ1) is 10.1. The fourth-order valence-electron chi connectivity index (χ4n) is 2.66. The summed E-state index contributed by atoms with van der Waals surface area (Å²) in [6, 6.07) is 0. The highest BCUT2D eigenvalue weighted by atomic mass is 32.1. The van der Waals surface area contributed by atoms with E-state index in [2.05, 4.69) is 24.1 Å². The molecule has 1 aliphatic carbocycles. The average Bonchev–Trinajstić information content (AvgIpc) is 2.85. The van der Waals surface area contributed by atoms with Gasteiger partial charge in [-0.25, -0.2) is 4.79 Å². The van der Waals surface area contributed by atoms with Gasteiger partial charge in [0.05, 0.1) is 12.7 Å². The molecule has 0 aliphatic heterocycles. The number of nitrogens with zero attached hydrogens (tertiary/aromatic N) is 1. The zero-order chi connectivity index (χ0) is 15.4. The Balaban J connectivity index is 2.32. The van der Waals surface area contributed by atoms with Crippen LogP contribution < -0.4 is 5.32 Å². The highest BCUT2D eigenvalue weighted by Gasteiger charge is 2.26. The third-order valence-electron chi connectivity index (χ3n) is 3.83. The molecule has 116 valence electrons. The van der Waals surface area contributed by atoms with Gasteiger partial charge in [0.25, 0.3) is 0 Å². The first kappa shape index (κ1) is 16.2. The average molecular weight is 326 g/mol. The van der Waals surface area contributed by atoms with E-state index in [-0.39, 0.29) is 5.97 Å². The molecule has 0 atom stereocenters. The van der Waals surface area contributed by atoms with Crippen LogP contribution in [0, 0.1) is 0 Å². The zero-order valence-corrected chi connectivity index (χ0v) is 14.5. The third kappa shape index (κ3) is 3.37. The molecular weight excluding hydrogens is 304 g/mol. The number of rotatable bonds is 4. The van der Waals surface area contributed by atoms with Crippen LogP contribution >= 0.6 is 23.6 Å². The summed E-state index contributed by atoms with van der Waals surface area (Å²) in [6.07, 6.45) is 4.32. The number of aryl methyl sites for hydroxylation is 1. The van der Waals surface area contributed by atoms with Crippen LogP contribution in [0.25, 0.3) is 0 Å². The van der Waals surface area contributed by atoms with Gasteiger partial charge in [-0.1, -0.05) is 0 Å². The number of hydrogen-bond acceptors (Lipinski definition) is 4. The predicted molar refractivity (Wildman–Crippen MR) is 91.4 cm³/mol. The van der Waals surface area contributed by atoms with Gasteiger partial charge < -0.3 is 15.0 Å². The molecular formula is C15H22N2O2S2. The van der Waals surface area contributed by atoms with Gasteiger partial charge in [-0.15, -0.1) is 11.3 Å². The smallest absolute Gasteiger partial charge is 0.341 e. The standard InChI is InChI=1S/C15H22N2O2S2/c1-4-17(5-2)15(20)16-13-12(14(18)19-3)10-8-6-7-9-11(10)21-13/h4-9H2,1-3H3,(H,16,20). The monoisotopic (exact) mass is 326 g/mol. The van der Waals surface area contributed by atoms with Crippen LogP contribution in [0.3, 0.4) is 0 Å². The maximum Gasteiger partial charge on any atom is 0.341 e. The van der Waals surface area contributed by atoms with Crippen LogP contribution in [-0.2, 0) is 17.6 Å².